The van der Waals surface area contributed by atoms with Crippen molar-refractivity contribution in [3.05, 3.63) is 35.9 Å². The average Bonchev–Trinajstić information content (AvgIpc) is 2.27. The smallest absolute Gasteiger partial charge is 0.230 e. The van der Waals surface area contributed by atoms with E-state index in [1.807, 2.05) is 44.2 Å². The molecule has 1 aromatic rings. The molecular formula is C13H18N2OS. The van der Waals surface area contributed by atoms with Gasteiger partial charge in [0.2, 0.25) is 5.91 Å². The van der Waals surface area contributed by atoms with Gasteiger partial charge >= 0.3 is 0 Å². The van der Waals surface area contributed by atoms with Gasteiger partial charge in [-0.3, -0.25) is 4.79 Å². The summed E-state index contributed by atoms with van der Waals surface area (Å²) < 4.78 is 0. The minimum absolute atomic E-state index is 0.101. The number of hydrogen-bond donors (Lipinski definition) is 2. The van der Waals surface area contributed by atoms with Crippen LogP contribution in [0.15, 0.2) is 30.3 Å². The summed E-state index contributed by atoms with van der Waals surface area (Å²) in [5, 5.41) is 2.86. The Morgan fingerprint density at radius 2 is 1.94 bits per heavy atom. The van der Waals surface area contributed by atoms with Crippen molar-refractivity contribution in [1.82, 2.24) is 5.32 Å². The van der Waals surface area contributed by atoms with Gasteiger partial charge < -0.3 is 11.1 Å². The van der Waals surface area contributed by atoms with Crippen LogP contribution in [0.25, 0.3) is 0 Å². The van der Waals surface area contributed by atoms with Crippen molar-refractivity contribution in [3.63, 3.8) is 0 Å². The van der Waals surface area contributed by atoms with Gasteiger partial charge in [0.15, 0.2) is 0 Å². The number of carbonyl (C=O) groups is 1. The maximum Gasteiger partial charge on any atom is 0.230 e. The topological polar surface area (TPSA) is 55.1 Å². The Balaban J connectivity index is 2.57. The molecule has 0 spiro atoms. The van der Waals surface area contributed by atoms with Crippen molar-refractivity contribution in [2.45, 2.75) is 20.4 Å². The fraction of sp³-hybridized carbons (Fsp3) is 0.385. The van der Waals surface area contributed by atoms with Gasteiger partial charge in [-0.05, 0) is 11.5 Å². The lowest BCUT2D eigenvalue weighted by Gasteiger charge is -2.18. The molecule has 0 fully saturated rings. The van der Waals surface area contributed by atoms with Gasteiger partial charge in [-0.1, -0.05) is 56.4 Å². The predicted molar refractivity (Wildman–Crippen MR) is 73.4 cm³/mol. The van der Waals surface area contributed by atoms with Gasteiger partial charge in [0.05, 0.1) is 10.9 Å². The fourth-order valence-corrected chi connectivity index (χ4v) is 2.03. The Hall–Kier alpha value is -1.42. The molecule has 1 atom stereocenters. The molecule has 0 aromatic heterocycles. The van der Waals surface area contributed by atoms with E-state index in [4.69, 9.17) is 18.0 Å². The molecule has 0 radical (unpaired) electrons. The highest BCUT2D eigenvalue weighted by molar-refractivity contribution is 7.80. The lowest BCUT2D eigenvalue weighted by atomic mass is 9.95. The van der Waals surface area contributed by atoms with Crippen molar-refractivity contribution < 1.29 is 4.79 Å². The first-order valence-electron chi connectivity index (χ1n) is 5.63. The standard InChI is InChI=1S/C13H18N2OS/c1-9(2)11(12(14)17)13(16)15-8-10-6-4-3-5-7-10/h3-7,9,11H,8H2,1-2H3,(H2,14,17)(H,15,16). The second-order valence-electron chi connectivity index (χ2n) is 4.33. The van der Waals surface area contributed by atoms with E-state index in [-0.39, 0.29) is 16.8 Å². The number of amides is 1. The van der Waals surface area contributed by atoms with E-state index in [1.165, 1.54) is 0 Å². The number of carbonyl (C=O) groups excluding carboxylic acids is 1. The largest absolute Gasteiger partial charge is 0.393 e. The first kappa shape index (κ1) is 13.6. The van der Waals surface area contributed by atoms with Gasteiger partial charge in [0, 0.05) is 6.54 Å². The zero-order valence-electron chi connectivity index (χ0n) is 10.1. The van der Waals surface area contributed by atoms with Crippen LogP contribution >= 0.6 is 12.2 Å². The van der Waals surface area contributed by atoms with Gasteiger partial charge in [-0.15, -0.1) is 0 Å². The van der Waals surface area contributed by atoms with Crippen molar-refractivity contribution in [3.8, 4) is 0 Å². The maximum atomic E-state index is 11.9. The summed E-state index contributed by atoms with van der Waals surface area (Å²) in [6.45, 7) is 4.38. The van der Waals surface area contributed by atoms with Gasteiger partial charge in [0.25, 0.3) is 0 Å². The summed E-state index contributed by atoms with van der Waals surface area (Å²) in [5.74, 6) is -0.381. The molecule has 0 bridgehead atoms. The van der Waals surface area contributed by atoms with Crippen LogP contribution in [0.5, 0.6) is 0 Å². The van der Waals surface area contributed by atoms with E-state index in [0.29, 0.717) is 6.54 Å². The van der Waals surface area contributed by atoms with E-state index in [9.17, 15) is 4.79 Å². The molecule has 0 aliphatic heterocycles. The summed E-state index contributed by atoms with van der Waals surface area (Å²) in [6, 6.07) is 9.75. The minimum atomic E-state index is -0.395. The molecule has 92 valence electrons. The summed E-state index contributed by atoms with van der Waals surface area (Å²) in [7, 11) is 0. The van der Waals surface area contributed by atoms with E-state index in [1.54, 1.807) is 0 Å². The van der Waals surface area contributed by atoms with E-state index in [2.05, 4.69) is 5.32 Å². The third-order valence-electron chi connectivity index (χ3n) is 2.57. The molecule has 1 unspecified atom stereocenters. The second-order valence-corrected chi connectivity index (χ2v) is 4.80. The summed E-state index contributed by atoms with van der Waals surface area (Å²) >= 11 is 4.92. The van der Waals surface area contributed by atoms with Crippen LogP contribution in [0, 0.1) is 11.8 Å². The quantitative estimate of drug-likeness (QED) is 0.784. The maximum absolute atomic E-state index is 11.9. The van der Waals surface area contributed by atoms with E-state index in [0.717, 1.165) is 5.56 Å². The lowest BCUT2D eigenvalue weighted by Crippen LogP contribution is -2.40. The van der Waals surface area contributed by atoms with Crippen molar-refractivity contribution in [1.29, 1.82) is 0 Å². The third kappa shape index (κ3) is 4.15. The molecule has 0 saturated carbocycles. The average molecular weight is 250 g/mol. The van der Waals surface area contributed by atoms with Gasteiger partial charge in [-0.2, -0.15) is 0 Å². The third-order valence-corrected chi connectivity index (χ3v) is 2.82. The zero-order chi connectivity index (χ0) is 12.8. The Labute approximate surface area is 107 Å². The fourth-order valence-electron chi connectivity index (χ4n) is 1.66. The Morgan fingerprint density at radius 3 is 2.41 bits per heavy atom. The molecular weight excluding hydrogens is 232 g/mol. The van der Waals surface area contributed by atoms with Gasteiger partial charge in [-0.25, -0.2) is 0 Å². The van der Waals surface area contributed by atoms with Gasteiger partial charge in [0.1, 0.15) is 0 Å². The Bertz CT molecular complexity index is 390. The normalized spacial score (nSPS) is 12.2. The van der Waals surface area contributed by atoms with Crippen molar-refractivity contribution in [2.75, 3.05) is 0 Å². The lowest BCUT2D eigenvalue weighted by molar-refractivity contribution is -0.124. The molecule has 0 saturated heterocycles. The van der Waals surface area contributed by atoms with E-state index >= 15 is 0 Å². The number of hydrogen-bond acceptors (Lipinski definition) is 2. The number of nitrogens with two attached hydrogens (primary N) is 1. The van der Waals surface area contributed by atoms with Crippen LogP contribution in [0.3, 0.4) is 0 Å². The summed E-state index contributed by atoms with van der Waals surface area (Å²) in [6.07, 6.45) is 0. The minimum Gasteiger partial charge on any atom is -0.393 e. The number of nitrogens with one attached hydrogen (secondary N) is 1. The number of thiocarbonyl (C=S) groups is 1. The Morgan fingerprint density at radius 1 is 1.35 bits per heavy atom. The first-order valence-corrected chi connectivity index (χ1v) is 6.04. The van der Waals surface area contributed by atoms with Crippen molar-refractivity contribution in [2.24, 2.45) is 17.6 Å². The monoisotopic (exact) mass is 250 g/mol. The highest BCUT2D eigenvalue weighted by Gasteiger charge is 2.24. The van der Waals surface area contributed by atoms with Crippen LogP contribution in [-0.2, 0) is 11.3 Å². The van der Waals surface area contributed by atoms with Crippen LogP contribution in [-0.4, -0.2) is 10.9 Å². The SMILES string of the molecule is CC(C)C(C(=O)NCc1ccccc1)C(N)=S. The van der Waals surface area contributed by atoms with E-state index < -0.39 is 5.92 Å². The highest BCUT2D eigenvalue weighted by Crippen LogP contribution is 2.11. The van der Waals surface area contributed by atoms with Crippen LogP contribution in [0.4, 0.5) is 0 Å². The van der Waals surface area contributed by atoms with Crippen LogP contribution in [0.1, 0.15) is 19.4 Å². The molecule has 1 aromatic carbocycles. The van der Waals surface area contributed by atoms with Crippen molar-refractivity contribution >= 4 is 23.1 Å². The molecule has 0 aliphatic rings. The molecule has 4 heteroatoms. The summed E-state index contributed by atoms with van der Waals surface area (Å²) in [5.41, 5.74) is 6.64. The molecule has 1 rings (SSSR count). The van der Waals surface area contributed by atoms with Crippen LogP contribution in [0.2, 0.25) is 0 Å². The molecule has 3 nitrogen and oxygen atoms in total. The molecule has 17 heavy (non-hydrogen) atoms. The number of benzene rings is 1. The zero-order valence-corrected chi connectivity index (χ0v) is 11.0. The predicted octanol–water partition coefficient (Wildman–Crippen LogP) is 1.86. The summed E-state index contributed by atoms with van der Waals surface area (Å²) in [4.78, 5) is 12.2. The first-order chi connectivity index (χ1) is 8.02. The molecule has 1 amide bonds. The van der Waals surface area contributed by atoms with Crippen LogP contribution < -0.4 is 11.1 Å². The Kier molecular flexibility index (Phi) is 5.10. The molecule has 3 N–H and O–H groups in total. The highest BCUT2D eigenvalue weighted by atomic mass is 32.1. The second kappa shape index (κ2) is 6.35. The number of rotatable bonds is 5. The molecule has 0 heterocycles. The molecule has 0 aliphatic carbocycles.